The van der Waals surface area contributed by atoms with Crippen molar-refractivity contribution in [1.82, 2.24) is 5.32 Å². The van der Waals surface area contributed by atoms with Crippen molar-refractivity contribution in [2.45, 2.75) is 25.9 Å². The van der Waals surface area contributed by atoms with E-state index in [2.05, 4.69) is 5.32 Å². The van der Waals surface area contributed by atoms with E-state index in [4.69, 9.17) is 21.0 Å². The minimum absolute atomic E-state index is 0.0154. The second kappa shape index (κ2) is 14.4. The summed E-state index contributed by atoms with van der Waals surface area (Å²) in [4.78, 5) is 44.7. The highest BCUT2D eigenvalue weighted by Gasteiger charge is 2.42. The van der Waals surface area contributed by atoms with Crippen LogP contribution in [0.2, 0.25) is 0 Å². The second-order valence-corrected chi connectivity index (χ2v) is 9.16. The van der Waals surface area contributed by atoms with Gasteiger partial charge in [-0.3, -0.25) is 31.4 Å². The molecule has 0 saturated carbocycles. The molecule has 2 atom stereocenters. The summed E-state index contributed by atoms with van der Waals surface area (Å²) >= 11 is 1.04. The van der Waals surface area contributed by atoms with E-state index in [0.29, 0.717) is 11.3 Å². The number of nitrogens with zero attached hydrogens (tertiary/aromatic N) is 2. The molecule has 1 aliphatic rings. The number of carbonyl (C=O) groups excluding carboxylic acids is 2. The number of hydrogen-bond acceptors (Lipinski definition) is 11. The summed E-state index contributed by atoms with van der Waals surface area (Å²) < 4.78 is 5.12. The van der Waals surface area contributed by atoms with Gasteiger partial charge in [0.1, 0.15) is 12.0 Å². The molecule has 15 heteroatoms. The number of amidine groups is 1. The van der Waals surface area contributed by atoms with Gasteiger partial charge in [-0.2, -0.15) is 0 Å². The number of aliphatic hydroxyl groups is 1. The van der Waals surface area contributed by atoms with Crippen LogP contribution in [0.1, 0.15) is 37.0 Å². The quantitative estimate of drug-likeness (QED) is 0.101. The smallest absolute Gasteiger partial charge is 0.337 e. The number of carbonyl (C=O) groups is 2. The Hall–Kier alpha value is -4.76. The van der Waals surface area contributed by atoms with E-state index in [1.807, 2.05) is 0 Å². The number of aliphatic carboxylic acids is 1. The number of nitro benzene ring substituents is 1. The number of rotatable bonds is 9. The predicted molar refractivity (Wildman–Crippen MR) is 142 cm³/mol. The van der Waals surface area contributed by atoms with Crippen molar-refractivity contribution < 1.29 is 39.8 Å². The number of thioether (sulfide) groups is 1. The molecule has 2 aromatic carbocycles. The Morgan fingerprint density at radius 2 is 1.80 bits per heavy atom. The standard InChI is InChI=1S/C17H19N5O6S.C8H8O3/c1-3-28-16(23)14-12(8-29-17(18)19)20-9(2)15(22(26)27)13(14)10-5-4-6-11(7-10)21(24)25;9-7(8(10)11)6-4-2-1-3-5-6/h4-7,13,20H,3,8H2,1-2H3,(H3,18,19);1-5,7,9H,(H,10,11)/t;7-/m.0/s1. The Morgan fingerprint density at radius 1 is 1.15 bits per heavy atom. The van der Waals surface area contributed by atoms with Crippen LogP contribution >= 0.6 is 11.8 Å². The van der Waals surface area contributed by atoms with Crippen molar-refractivity contribution in [1.29, 1.82) is 0 Å². The van der Waals surface area contributed by atoms with Gasteiger partial charge in [0, 0.05) is 23.6 Å². The third kappa shape index (κ3) is 8.12. The zero-order chi connectivity index (χ0) is 30.0. The molecule has 6 N–H and O–H groups in total. The van der Waals surface area contributed by atoms with Crippen LogP contribution < -0.4 is 21.6 Å². The van der Waals surface area contributed by atoms with Crippen LogP contribution in [0.5, 0.6) is 0 Å². The fourth-order valence-electron chi connectivity index (χ4n) is 3.76. The number of nitrogens with one attached hydrogen (secondary N) is 1. The van der Waals surface area contributed by atoms with E-state index in [-0.39, 0.29) is 45.7 Å². The molecule has 0 fully saturated rings. The average molecular weight is 574 g/mol. The van der Waals surface area contributed by atoms with E-state index >= 15 is 0 Å². The summed E-state index contributed by atoms with van der Waals surface area (Å²) in [5.41, 5.74) is 6.03. The first kappa shape index (κ1) is 31.5. The van der Waals surface area contributed by atoms with Crippen molar-refractivity contribution in [2.24, 2.45) is 5.73 Å². The Labute approximate surface area is 232 Å². The van der Waals surface area contributed by atoms with Gasteiger partial charge < -0.3 is 25.1 Å². The lowest BCUT2D eigenvalue weighted by molar-refractivity contribution is -0.431. The number of hydrogen-bond donors (Lipinski definition) is 4. The highest BCUT2D eigenvalue weighted by Crippen LogP contribution is 2.40. The summed E-state index contributed by atoms with van der Waals surface area (Å²) in [6, 6.07) is 13.5. The molecule has 212 valence electrons. The molecule has 1 heterocycles. The molecule has 1 unspecified atom stereocenters. The lowest BCUT2D eigenvalue weighted by atomic mass is 9.84. The van der Waals surface area contributed by atoms with Gasteiger partial charge in [0.25, 0.3) is 16.6 Å². The maximum atomic E-state index is 12.8. The van der Waals surface area contributed by atoms with Gasteiger partial charge in [-0.1, -0.05) is 42.5 Å². The minimum atomic E-state index is -1.52. The fraction of sp³-hybridized carbons (Fsp3) is 0.240. The summed E-state index contributed by atoms with van der Waals surface area (Å²) in [6.07, 6.45) is -1.52. The van der Waals surface area contributed by atoms with E-state index in [0.717, 1.165) is 11.8 Å². The molecule has 0 radical (unpaired) electrons. The summed E-state index contributed by atoms with van der Waals surface area (Å²) in [5, 5.41) is 50.5. The molecule has 40 heavy (non-hydrogen) atoms. The number of non-ortho nitro benzene ring substituents is 1. The lowest BCUT2D eigenvalue weighted by Crippen LogP contribution is -2.44. The van der Waals surface area contributed by atoms with Crippen molar-refractivity contribution in [2.75, 3.05) is 12.4 Å². The molecule has 0 bridgehead atoms. The van der Waals surface area contributed by atoms with Gasteiger partial charge in [-0.25, -0.2) is 4.79 Å². The molecular formula is C25H27N5O9S. The zero-order valence-electron chi connectivity index (χ0n) is 21.4. The van der Waals surface area contributed by atoms with Crippen LogP contribution in [0.3, 0.4) is 0 Å². The molecule has 1 aliphatic heterocycles. The van der Waals surface area contributed by atoms with Crippen LogP contribution in [-0.4, -0.2) is 44.4 Å². The first-order valence-corrected chi connectivity index (χ1v) is 12.6. The number of dihydropyridines is 1. The summed E-state index contributed by atoms with van der Waals surface area (Å²) in [6.45, 7) is 3.14. The van der Waals surface area contributed by atoms with Crippen LogP contribution in [-0.2, 0) is 14.3 Å². The predicted octanol–water partition coefficient (Wildman–Crippen LogP) is -0.116. The van der Waals surface area contributed by atoms with Crippen LogP contribution in [0.4, 0.5) is 5.69 Å². The minimum Gasteiger partial charge on any atom is -0.547 e. The van der Waals surface area contributed by atoms with Crippen molar-refractivity contribution in [3.8, 4) is 0 Å². The second-order valence-electron chi connectivity index (χ2n) is 8.11. The third-order valence-corrected chi connectivity index (χ3v) is 6.20. The summed E-state index contributed by atoms with van der Waals surface area (Å²) in [5.74, 6) is -3.28. The number of benzene rings is 2. The third-order valence-electron chi connectivity index (χ3n) is 5.44. The molecule has 0 aromatic heterocycles. The molecule has 0 saturated heterocycles. The Morgan fingerprint density at radius 3 is 2.33 bits per heavy atom. The van der Waals surface area contributed by atoms with Gasteiger partial charge in [0.15, 0.2) is 0 Å². The van der Waals surface area contributed by atoms with Gasteiger partial charge in [0.05, 0.1) is 33.7 Å². The van der Waals surface area contributed by atoms with E-state index in [9.17, 15) is 34.9 Å². The zero-order valence-corrected chi connectivity index (χ0v) is 22.3. The van der Waals surface area contributed by atoms with Gasteiger partial charge in [-0.05, 0) is 36.7 Å². The van der Waals surface area contributed by atoms with E-state index < -0.39 is 33.8 Å². The molecule has 3 rings (SSSR count). The Balaban J connectivity index is 0.000000425. The first-order valence-electron chi connectivity index (χ1n) is 11.6. The molecular weight excluding hydrogens is 546 g/mol. The molecule has 0 amide bonds. The number of esters is 1. The maximum absolute atomic E-state index is 12.8. The number of nitrogens with two attached hydrogens (primary N) is 2. The number of aliphatic hydroxyl groups excluding tert-OH is 1. The number of carboxylic acid groups (broad SMARTS) is 1. The van der Waals surface area contributed by atoms with Crippen LogP contribution in [0.25, 0.3) is 0 Å². The van der Waals surface area contributed by atoms with Crippen LogP contribution in [0, 0.1) is 20.2 Å². The Bertz CT molecular complexity index is 1360. The molecule has 0 spiro atoms. The van der Waals surface area contributed by atoms with Crippen molar-refractivity contribution in [3.63, 3.8) is 0 Å². The lowest BCUT2D eigenvalue weighted by Gasteiger charge is -2.27. The molecule has 14 nitrogen and oxygen atoms in total. The largest absolute Gasteiger partial charge is 0.547 e. The van der Waals surface area contributed by atoms with Gasteiger partial charge in [-0.15, -0.1) is 0 Å². The van der Waals surface area contributed by atoms with E-state index in [1.165, 1.54) is 43.3 Å². The number of carboxylic acids is 1. The number of ether oxygens (including phenoxy) is 1. The van der Waals surface area contributed by atoms with Gasteiger partial charge in [0.2, 0.25) is 0 Å². The normalized spacial score (nSPS) is 15.2. The highest BCUT2D eigenvalue weighted by atomic mass is 32.2. The van der Waals surface area contributed by atoms with Crippen molar-refractivity contribution >= 4 is 34.6 Å². The molecule has 2 aromatic rings. The van der Waals surface area contributed by atoms with E-state index in [1.54, 1.807) is 25.1 Å². The van der Waals surface area contributed by atoms with Crippen molar-refractivity contribution in [3.05, 3.63) is 109 Å². The van der Waals surface area contributed by atoms with Gasteiger partial charge >= 0.3 is 5.97 Å². The summed E-state index contributed by atoms with van der Waals surface area (Å²) in [7, 11) is 0. The highest BCUT2D eigenvalue weighted by molar-refractivity contribution is 8.13. The SMILES string of the molecule is CCOC(=O)C1=C(CSC(N)=[NH2+])NC(C)=C([N+](=O)[O-])C1c1cccc([N+](=O)[O-])c1.O=C([O-])[C@@H](O)c1ccccc1. The first-order chi connectivity index (χ1) is 18.9. The Kier molecular flexibility index (Phi) is 11.3. The number of allylic oxidation sites excluding steroid dienone is 2. The maximum Gasteiger partial charge on any atom is 0.337 e. The average Bonchev–Trinajstić information content (AvgIpc) is 2.91. The topological polar surface area (TPSA) is 237 Å². The van der Waals surface area contributed by atoms with Crippen LogP contribution in [0.15, 0.2) is 77.3 Å². The number of nitro groups is 2. The monoisotopic (exact) mass is 573 g/mol. The fourth-order valence-corrected chi connectivity index (χ4v) is 4.30. The molecule has 0 aliphatic carbocycles.